The number of primary amides is 1. The van der Waals surface area contributed by atoms with Crippen molar-refractivity contribution in [1.82, 2.24) is 9.97 Å². The van der Waals surface area contributed by atoms with Crippen LogP contribution < -0.4 is 11.2 Å². The lowest BCUT2D eigenvalue weighted by atomic mass is 9.65. The van der Waals surface area contributed by atoms with Crippen LogP contribution in [0.15, 0.2) is 23.1 Å². The summed E-state index contributed by atoms with van der Waals surface area (Å²) >= 11 is 0. The molecule has 0 radical (unpaired) electrons. The van der Waals surface area contributed by atoms with Crippen molar-refractivity contribution in [2.75, 3.05) is 0 Å². The van der Waals surface area contributed by atoms with Gasteiger partial charge in [0.15, 0.2) is 5.43 Å². The van der Waals surface area contributed by atoms with Crippen LogP contribution >= 0.6 is 0 Å². The van der Waals surface area contributed by atoms with Gasteiger partial charge in [-0.05, 0) is 37.2 Å². The van der Waals surface area contributed by atoms with Gasteiger partial charge in [0, 0.05) is 49.6 Å². The molecule has 1 amide bonds. The third-order valence-corrected chi connectivity index (χ3v) is 6.64. The Morgan fingerprint density at radius 2 is 1.77 bits per heavy atom. The predicted octanol–water partition coefficient (Wildman–Crippen LogP) is 4.37. The maximum Gasteiger partial charge on any atom is 0.268 e. The molecule has 2 aliphatic carbocycles. The Hall–Kier alpha value is -2.45. The van der Waals surface area contributed by atoms with Crippen LogP contribution in [0, 0.1) is 11.8 Å². The summed E-state index contributed by atoms with van der Waals surface area (Å²) in [5.74, 6) is -7.41. The van der Waals surface area contributed by atoms with Gasteiger partial charge in [-0.1, -0.05) is 0 Å². The van der Waals surface area contributed by atoms with Crippen molar-refractivity contribution in [3.63, 3.8) is 0 Å². The van der Waals surface area contributed by atoms with Crippen molar-refractivity contribution in [3.05, 3.63) is 39.9 Å². The summed E-state index contributed by atoms with van der Waals surface area (Å²) in [6.07, 6.45) is 0.905. The van der Waals surface area contributed by atoms with Gasteiger partial charge in [-0.2, -0.15) is 0 Å². The van der Waals surface area contributed by atoms with E-state index in [1.54, 1.807) is 0 Å². The zero-order valence-electron chi connectivity index (χ0n) is 16.3. The first kappa shape index (κ1) is 20.8. The van der Waals surface area contributed by atoms with Crippen LogP contribution in [-0.4, -0.2) is 27.7 Å². The van der Waals surface area contributed by atoms with E-state index in [1.807, 2.05) is 0 Å². The molecule has 0 spiro atoms. The van der Waals surface area contributed by atoms with E-state index in [-0.39, 0.29) is 61.4 Å². The van der Waals surface area contributed by atoms with Crippen molar-refractivity contribution < 1.29 is 22.4 Å². The second kappa shape index (κ2) is 7.35. The van der Waals surface area contributed by atoms with Crippen LogP contribution in [0.2, 0.25) is 0 Å². The van der Waals surface area contributed by atoms with Crippen LogP contribution in [-0.2, 0) is 0 Å². The molecule has 2 saturated carbocycles. The van der Waals surface area contributed by atoms with E-state index in [0.29, 0.717) is 11.2 Å². The number of aromatic nitrogens is 2. The number of nitrogens with zero attached hydrogens (tertiary/aromatic N) is 1. The Bertz CT molecular complexity index is 1030. The first-order valence-electron chi connectivity index (χ1n) is 10.1. The molecule has 4 rings (SSSR count). The second-order valence-electron chi connectivity index (χ2n) is 8.60. The smallest absolute Gasteiger partial charge is 0.268 e. The molecule has 5 nitrogen and oxygen atoms in total. The minimum atomic E-state index is -2.89. The number of carbonyl (C=O) groups excluding carboxylic acids is 1. The number of halogens is 4. The minimum absolute atomic E-state index is 0.0187. The van der Waals surface area contributed by atoms with Crippen molar-refractivity contribution in [2.45, 2.75) is 62.7 Å². The fourth-order valence-corrected chi connectivity index (χ4v) is 5.16. The van der Waals surface area contributed by atoms with Gasteiger partial charge in [0.25, 0.3) is 5.91 Å². The van der Waals surface area contributed by atoms with Gasteiger partial charge in [0.1, 0.15) is 5.69 Å². The monoisotopic (exact) mass is 425 g/mol. The number of hydrogen-bond acceptors (Lipinski definition) is 3. The van der Waals surface area contributed by atoms with Crippen LogP contribution in [0.1, 0.15) is 67.0 Å². The number of pyridine rings is 2. The molecular weight excluding hydrogens is 402 g/mol. The number of aromatic amines is 1. The van der Waals surface area contributed by atoms with Crippen molar-refractivity contribution in [2.24, 2.45) is 17.6 Å². The number of hydrogen-bond donors (Lipinski definition) is 2. The van der Waals surface area contributed by atoms with Crippen LogP contribution in [0.5, 0.6) is 0 Å². The lowest BCUT2D eigenvalue weighted by Gasteiger charge is -2.42. The summed E-state index contributed by atoms with van der Waals surface area (Å²) < 4.78 is 55.8. The third kappa shape index (κ3) is 3.94. The molecule has 2 heterocycles. The largest absolute Gasteiger partial charge is 0.364 e. The second-order valence-corrected chi connectivity index (χ2v) is 8.60. The molecule has 0 aromatic carbocycles. The molecule has 2 atom stereocenters. The molecule has 162 valence electrons. The first-order valence-corrected chi connectivity index (χ1v) is 10.1. The summed E-state index contributed by atoms with van der Waals surface area (Å²) in [4.78, 5) is 31.2. The Kier molecular flexibility index (Phi) is 5.10. The topological polar surface area (TPSA) is 88.8 Å². The summed E-state index contributed by atoms with van der Waals surface area (Å²) in [5.41, 5.74) is 5.23. The number of H-pyrrole nitrogens is 1. The molecule has 2 aromatic heterocycles. The summed E-state index contributed by atoms with van der Waals surface area (Å²) in [6, 6.07) is 2.72. The van der Waals surface area contributed by atoms with Crippen LogP contribution in [0.25, 0.3) is 10.9 Å². The Morgan fingerprint density at radius 1 is 1.10 bits per heavy atom. The van der Waals surface area contributed by atoms with E-state index < -0.39 is 35.5 Å². The Labute approximate surface area is 170 Å². The number of fused-ring (bicyclic) bond motifs is 1. The van der Waals surface area contributed by atoms with Gasteiger partial charge in [-0.25, -0.2) is 17.6 Å². The molecule has 3 N–H and O–H groups in total. The number of nitrogens with two attached hydrogens (primary N) is 1. The van der Waals surface area contributed by atoms with E-state index >= 15 is 0 Å². The molecule has 2 aliphatic rings. The minimum Gasteiger partial charge on any atom is -0.364 e. The number of nitrogens with one attached hydrogen (secondary N) is 1. The lowest BCUT2D eigenvalue weighted by molar-refractivity contribution is -0.0840. The Balaban J connectivity index is 1.74. The molecule has 2 fully saturated rings. The highest BCUT2D eigenvalue weighted by Gasteiger charge is 2.47. The number of carbonyl (C=O) groups is 1. The van der Waals surface area contributed by atoms with Gasteiger partial charge in [0.2, 0.25) is 11.8 Å². The summed E-state index contributed by atoms with van der Waals surface area (Å²) in [6.45, 7) is 0. The molecule has 0 bridgehead atoms. The zero-order valence-corrected chi connectivity index (χ0v) is 16.3. The molecule has 0 saturated heterocycles. The molecule has 9 heteroatoms. The van der Waals surface area contributed by atoms with Crippen LogP contribution in [0.3, 0.4) is 0 Å². The predicted molar refractivity (Wildman–Crippen MR) is 103 cm³/mol. The summed E-state index contributed by atoms with van der Waals surface area (Å²) in [7, 11) is 0. The molecular formula is C21H23F4N3O2. The highest BCUT2D eigenvalue weighted by molar-refractivity contribution is 6.03. The average Bonchev–Trinajstić information content (AvgIpc) is 2.67. The Morgan fingerprint density at radius 3 is 2.43 bits per heavy atom. The van der Waals surface area contributed by atoms with E-state index in [1.165, 1.54) is 18.3 Å². The lowest BCUT2D eigenvalue weighted by Crippen LogP contribution is -2.38. The quantitative estimate of drug-likeness (QED) is 0.716. The van der Waals surface area contributed by atoms with E-state index in [9.17, 15) is 27.2 Å². The normalized spacial score (nSPS) is 26.5. The van der Waals surface area contributed by atoms with E-state index in [4.69, 9.17) is 5.73 Å². The van der Waals surface area contributed by atoms with Gasteiger partial charge in [0.05, 0.1) is 10.9 Å². The fourth-order valence-electron chi connectivity index (χ4n) is 5.16. The molecule has 0 aliphatic heterocycles. The van der Waals surface area contributed by atoms with Crippen molar-refractivity contribution >= 4 is 16.8 Å². The third-order valence-electron chi connectivity index (χ3n) is 6.64. The number of amides is 1. The van der Waals surface area contributed by atoms with Gasteiger partial charge < -0.3 is 10.7 Å². The average molecular weight is 425 g/mol. The van der Waals surface area contributed by atoms with Gasteiger partial charge in [-0.15, -0.1) is 0 Å². The van der Waals surface area contributed by atoms with E-state index in [2.05, 4.69) is 9.97 Å². The SMILES string of the molecule is NC(=O)c1nccc2[nH]c([C@@H]3CC(F)(F)CCC3C3CCC(F)(F)CC3)cc(=O)c12. The summed E-state index contributed by atoms with van der Waals surface area (Å²) in [5, 5.41) is 0.0187. The zero-order chi connectivity index (χ0) is 21.7. The molecule has 1 unspecified atom stereocenters. The standard InChI is InChI=1S/C21H23F4N3O2/c22-20(23)5-1-11(2-6-20)12-3-7-21(24,25)10-13(12)15-9-16(29)17-14(28-15)4-8-27-18(17)19(26)30/h4,8-9,11-13H,1-3,5-7,10H2,(H2,26,30)(H,28,29)/t12?,13-/m1/s1. The van der Waals surface area contributed by atoms with E-state index in [0.717, 1.165) is 0 Å². The van der Waals surface area contributed by atoms with Crippen molar-refractivity contribution in [1.29, 1.82) is 0 Å². The molecule has 30 heavy (non-hydrogen) atoms. The number of rotatable bonds is 3. The van der Waals surface area contributed by atoms with Crippen molar-refractivity contribution in [3.8, 4) is 0 Å². The van der Waals surface area contributed by atoms with Gasteiger partial charge in [-0.3, -0.25) is 14.6 Å². The first-order chi connectivity index (χ1) is 14.1. The molecule has 2 aromatic rings. The highest BCUT2D eigenvalue weighted by atomic mass is 19.3. The maximum absolute atomic E-state index is 14.3. The fraction of sp³-hybridized carbons (Fsp3) is 0.571. The maximum atomic E-state index is 14.3. The number of alkyl halides is 4. The van der Waals surface area contributed by atoms with Crippen LogP contribution in [0.4, 0.5) is 17.6 Å². The highest BCUT2D eigenvalue weighted by Crippen LogP contribution is 2.51. The van der Waals surface area contributed by atoms with Gasteiger partial charge >= 0.3 is 0 Å².